The third-order valence-corrected chi connectivity index (χ3v) is 6.20. The Labute approximate surface area is 187 Å². The van der Waals surface area contributed by atoms with Crippen LogP contribution in [0.1, 0.15) is 24.6 Å². The number of halogens is 1. The summed E-state index contributed by atoms with van der Waals surface area (Å²) in [5, 5.41) is 19.5. The summed E-state index contributed by atoms with van der Waals surface area (Å²) in [6.45, 7) is 0.944. The van der Waals surface area contributed by atoms with Crippen LogP contribution in [0, 0.1) is 18.3 Å². The first kappa shape index (κ1) is 24.2. The number of hydrogen-bond donors (Lipinski definition) is 2. The number of aliphatic hydroxyl groups is 1. The van der Waals surface area contributed by atoms with Gasteiger partial charge in [0.15, 0.2) is 0 Å². The van der Waals surface area contributed by atoms with Gasteiger partial charge in [-0.15, -0.1) is 0 Å². The zero-order valence-electron chi connectivity index (χ0n) is 17.0. The number of phosphoric acid groups is 1. The van der Waals surface area contributed by atoms with Gasteiger partial charge in [0.2, 0.25) is 0 Å². The molecule has 0 aliphatic carbocycles. The molecule has 4 atom stereocenters. The number of hydrogen-bond acceptors (Lipinski definition) is 9. The lowest BCUT2D eigenvalue weighted by Crippen LogP contribution is -2.33. The molecule has 1 aromatic heterocycles. The Morgan fingerprint density at radius 1 is 1.34 bits per heavy atom. The Kier molecular flexibility index (Phi) is 7.90. The van der Waals surface area contributed by atoms with Crippen LogP contribution < -0.4 is 15.8 Å². The number of nitrogens with zero attached hydrogens (tertiary/aromatic N) is 2. The minimum Gasteiger partial charge on any atom is -0.404 e. The van der Waals surface area contributed by atoms with Crippen LogP contribution in [-0.4, -0.2) is 40.1 Å². The molecule has 1 aliphatic heterocycles. The Morgan fingerprint density at radius 2 is 2.06 bits per heavy atom. The van der Waals surface area contributed by atoms with E-state index in [0.717, 1.165) is 4.57 Å². The van der Waals surface area contributed by atoms with Crippen molar-refractivity contribution in [1.82, 2.24) is 9.55 Å². The smallest absolute Gasteiger partial charge is 0.404 e. The summed E-state index contributed by atoms with van der Waals surface area (Å²) >= 11 is 5.83. The van der Waals surface area contributed by atoms with Crippen LogP contribution in [0.4, 0.5) is 0 Å². The molecule has 0 spiro atoms. The molecule has 0 unspecified atom stereocenters. The molecule has 2 heterocycles. The summed E-state index contributed by atoms with van der Waals surface area (Å²) in [6, 6.07) is 7.83. The van der Waals surface area contributed by atoms with E-state index in [9.17, 15) is 19.3 Å². The van der Waals surface area contributed by atoms with Gasteiger partial charge in [-0.1, -0.05) is 11.6 Å². The number of nitrogens with one attached hydrogen (secondary N) is 1. The predicted octanol–water partition coefficient (Wildman–Crippen LogP) is 2.28. The molecule has 1 saturated heterocycles. The predicted molar refractivity (Wildman–Crippen MR) is 112 cm³/mol. The summed E-state index contributed by atoms with van der Waals surface area (Å²) in [5.74, 6) is 0.163. The highest BCUT2D eigenvalue weighted by molar-refractivity contribution is 7.48. The number of rotatable bonds is 9. The molecule has 3 rings (SSSR count). The Hall–Kier alpha value is -2.45. The lowest BCUT2D eigenvalue weighted by Gasteiger charge is -2.21. The number of ether oxygens (including phenoxy) is 1. The van der Waals surface area contributed by atoms with Crippen molar-refractivity contribution in [3.8, 4) is 11.8 Å². The molecule has 172 valence electrons. The number of aromatic amines is 1. The van der Waals surface area contributed by atoms with Gasteiger partial charge in [0, 0.05) is 23.2 Å². The summed E-state index contributed by atoms with van der Waals surface area (Å²) in [7, 11) is -4.18. The quantitative estimate of drug-likeness (QED) is 0.402. The van der Waals surface area contributed by atoms with Crippen molar-refractivity contribution >= 4 is 19.4 Å². The maximum atomic E-state index is 13.1. The fourth-order valence-corrected chi connectivity index (χ4v) is 4.25. The van der Waals surface area contributed by atoms with E-state index < -0.39 is 37.5 Å². The molecule has 2 N–H and O–H groups in total. The molecule has 0 amide bonds. The number of aryl methyl sites for hydroxylation is 1. The van der Waals surface area contributed by atoms with Gasteiger partial charge in [-0.2, -0.15) is 5.26 Å². The van der Waals surface area contributed by atoms with E-state index in [-0.39, 0.29) is 31.8 Å². The van der Waals surface area contributed by atoms with Crippen LogP contribution in [-0.2, 0) is 18.3 Å². The second-order valence-corrected chi connectivity index (χ2v) is 8.97. The third kappa shape index (κ3) is 6.07. The van der Waals surface area contributed by atoms with E-state index in [1.807, 2.05) is 6.07 Å². The van der Waals surface area contributed by atoms with Gasteiger partial charge in [-0.05, 0) is 31.2 Å². The molecule has 32 heavy (non-hydrogen) atoms. The highest BCUT2D eigenvalue weighted by Gasteiger charge is 2.39. The average molecular weight is 486 g/mol. The lowest BCUT2D eigenvalue weighted by atomic mass is 10.2. The highest BCUT2D eigenvalue weighted by atomic mass is 35.5. The molecule has 1 aromatic carbocycles. The summed E-state index contributed by atoms with van der Waals surface area (Å²) < 4.78 is 35.8. The maximum Gasteiger partial charge on any atom is 0.530 e. The van der Waals surface area contributed by atoms with E-state index >= 15 is 0 Å². The minimum atomic E-state index is -4.18. The lowest BCUT2D eigenvalue weighted by molar-refractivity contribution is -0.0460. The zero-order chi connectivity index (χ0) is 23.3. The van der Waals surface area contributed by atoms with Gasteiger partial charge in [0.1, 0.15) is 18.1 Å². The van der Waals surface area contributed by atoms with E-state index in [1.165, 1.54) is 37.4 Å². The first-order chi connectivity index (χ1) is 15.2. The monoisotopic (exact) mass is 485 g/mol. The van der Waals surface area contributed by atoms with Crippen LogP contribution in [0.25, 0.3) is 0 Å². The summed E-state index contributed by atoms with van der Waals surface area (Å²) in [6.07, 6.45) is -1.55. The number of phosphoric ester groups is 1. The summed E-state index contributed by atoms with van der Waals surface area (Å²) in [4.78, 5) is 25.8. The molecule has 1 fully saturated rings. The number of benzene rings is 1. The van der Waals surface area contributed by atoms with Gasteiger partial charge in [0.05, 0.1) is 31.8 Å². The zero-order valence-corrected chi connectivity index (χ0v) is 18.6. The van der Waals surface area contributed by atoms with Crippen molar-refractivity contribution in [2.75, 3.05) is 13.2 Å². The largest absolute Gasteiger partial charge is 0.530 e. The van der Waals surface area contributed by atoms with Crippen LogP contribution in [0.3, 0.4) is 0 Å². The van der Waals surface area contributed by atoms with Gasteiger partial charge in [0.25, 0.3) is 5.56 Å². The van der Waals surface area contributed by atoms with Crippen molar-refractivity contribution < 1.29 is 28.0 Å². The van der Waals surface area contributed by atoms with E-state index in [2.05, 4.69) is 4.98 Å². The second kappa shape index (κ2) is 10.4. The molecule has 0 saturated carbocycles. The van der Waals surface area contributed by atoms with E-state index in [0.29, 0.717) is 10.6 Å². The van der Waals surface area contributed by atoms with Gasteiger partial charge in [-0.25, -0.2) is 9.36 Å². The SMILES string of the molecule is Cc1cn([C@H]2C[C@@H](O)[C@H](CO[P@@](=O)(OCCC#N)Oc3ccc(Cl)cc3)O2)c(=O)[nH]c1=O. The van der Waals surface area contributed by atoms with Crippen molar-refractivity contribution in [3.05, 3.63) is 61.9 Å². The second-order valence-electron chi connectivity index (χ2n) is 6.94. The van der Waals surface area contributed by atoms with Crippen LogP contribution in [0.5, 0.6) is 5.75 Å². The number of H-pyrrole nitrogens is 1. The molecule has 2 aromatic rings. The van der Waals surface area contributed by atoms with Gasteiger partial charge in [-0.3, -0.25) is 23.4 Å². The summed E-state index contributed by atoms with van der Waals surface area (Å²) in [5.41, 5.74) is -0.899. The van der Waals surface area contributed by atoms with E-state index in [4.69, 9.17) is 35.2 Å². The fraction of sp³-hybridized carbons (Fsp3) is 0.421. The van der Waals surface area contributed by atoms with Crippen molar-refractivity contribution in [2.24, 2.45) is 0 Å². The van der Waals surface area contributed by atoms with Crippen molar-refractivity contribution in [1.29, 1.82) is 5.26 Å². The minimum absolute atomic E-state index is 0.0387. The topological polar surface area (TPSA) is 153 Å². The number of aliphatic hydroxyl groups excluding tert-OH is 1. The normalized spacial score (nSPS) is 22.2. The Bertz CT molecular complexity index is 1140. The number of aromatic nitrogens is 2. The fourth-order valence-electron chi connectivity index (χ4n) is 2.92. The standard InChI is InChI=1S/C19H21ClN3O8P/c1-12-10-23(19(26)22-18(12)25)17-9-15(24)16(30-17)11-29-32(27,28-8-2-7-21)31-14-5-3-13(20)4-6-14/h3-6,10,15-17,24H,2,8-9,11H2,1H3,(H,22,25,26)/t15-,16+,17-,32-/m1/s1. The van der Waals surface area contributed by atoms with Crippen molar-refractivity contribution in [2.45, 2.75) is 38.2 Å². The highest BCUT2D eigenvalue weighted by Crippen LogP contribution is 2.50. The molecule has 11 nitrogen and oxygen atoms in total. The van der Waals surface area contributed by atoms with Crippen LogP contribution in [0.15, 0.2) is 40.1 Å². The van der Waals surface area contributed by atoms with Crippen LogP contribution >= 0.6 is 19.4 Å². The molecular weight excluding hydrogens is 465 g/mol. The maximum absolute atomic E-state index is 13.1. The molecular formula is C19H21ClN3O8P. The van der Waals surface area contributed by atoms with Gasteiger partial charge < -0.3 is 14.4 Å². The van der Waals surface area contributed by atoms with Gasteiger partial charge >= 0.3 is 13.5 Å². The van der Waals surface area contributed by atoms with Crippen molar-refractivity contribution in [3.63, 3.8) is 0 Å². The Morgan fingerprint density at radius 3 is 2.75 bits per heavy atom. The van der Waals surface area contributed by atoms with E-state index in [1.54, 1.807) is 0 Å². The molecule has 1 aliphatic rings. The first-order valence-corrected chi connectivity index (χ1v) is 11.4. The Balaban J connectivity index is 1.69. The number of nitriles is 1. The first-order valence-electron chi connectivity index (χ1n) is 9.57. The molecule has 13 heteroatoms. The van der Waals surface area contributed by atoms with Crippen LogP contribution in [0.2, 0.25) is 5.02 Å². The average Bonchev–Trinajstić information content (AvgIpc) is 3.11. The molecule has 0 radical (unpaired) electrons. The third-order valence-electron chi connectivity index (χ3n) is 4.55. The molecule has 0 bridgehead atoms.